The molecule has 5 rings (SSSR count). The number of aryl methyl sites for hydroxylation is 1. The van der Waals surface area contributed by atoms with Crippen molar-refractivity contribution in [2.24, 2.45) is 0 Å². The number of hydrogen-bond donors (Lipinski definition) is 2. The summed E-state index contributed by atoms with van der Waals surface area (Å²) in [6, 6.07) is 7.15. The van der Waals surface area contributed by atoms with Crippen molar-refractivity contribution in [3.05, 3.63) is 29.8 Å². The number of likely N-dealkylation sites (N-methyl/N-ethyl adjacent to an activating group) is 1. The smallest absolute Gasteiger partial charge is 0.317 e. The third-order valence-electron chi connectivity index (χ3n) is 8.00. The molecule has 2 amide bonds. The average Bonchev–Trinajstić information content (AvgIpc) is 3.43. The summed E-state index contributed by atoms with van der Waals surface area (Å²) in [5.41, 5.74) is -0.454. The van der Waals surface area contributed by atoms with Crippen LogP contribution in [-0.4, -0.2) is 119 Å². The normalized spacial score (nSPS) is 23.6. The van der Waals surface area contributed by atoms with E-state index in [0.29, 0.717) is 37.9 Å². The third kappa shape index (κ3) is 5.04. The Morgan fingerprint density at radius 3 is 2.56 bits per heavy atom. The zero-order valence-electron chi connectivity index (χ0n) is 22.5. The molecular weight excluding hydrogens is 526 g/mol. The standard InChI is InChI=1S/C26H35N5O7S/c1-4-22(32)29-9-7-25(8-10-29)15-31-23(33)13-30(17-26(31,38-25)16-28(3)14-24(34)35)39(36,37)21-12-19-11-18(2)5-6-20(19)27-21/h5-6,11-12,27H,4,7-10,13-17H2,1-3H3,(H,34,35). The molecule has 3 aliphatic rings. The zero-order chi connectivity index (χ0) is 28.2. The average molecular weight is 562 g/mol. The highest BCUT2D eigenvalue weighted by Gasteiger charge is 2.61. The molecule has 2 aromatic rings. The number of carbonyl (C=O) groups excluding carboxylic acids is 2. The number of benzene rings is 1. The molecule has 12 nitrogen and oxygen atoms in total. The molecule has 3 saturated heterocycles. The number of H-pyrrole nitrogens is 1. The first-order chi connectivity index (χ1) is 18.4. The largest absolute Gasteiger partial charge is 0.480 e. The minimum Gasteiger partial charge on any atom is -0.480 e. The number of fused-ring (bicyclic) bond motifs is 2. The predicted molar refractivity (Wildman–Crippen MR) is 141 cm³/mol. The van der Waals surface area contributed by atoms with Crippen molar-refractivity contribution in [2.75, 3.05) is 52.9 Å². The van der Waals surface area contributed by atoms with Crippen molar-refractivity contribution in [1.29, 1.82) is 0 Å². The molecule has 1 aromatic carbocycles. The number of carbonyl (C=O) groups is 3. The molecule has 4 heterocycles. The van der Waals surface area contributed by atoms with Crippen LogP contribution in [0, 0.1) is 6.92 Å². The number of rotatable bonds is 7. The Morgan fingerprint density at radius 2 is 1.90 bits per heavy atom. The molecule has 3 aliphatic heterocycles. The minimum atomic E-state index is -4.11. The second-order valence-electron chi connectivity index (χ2n) is 11.0. The molecule has 1 atom stereocenters. The first kappa shape index (κ1) is 27.6. The van der Waals surface area contributed by atoms with Crippen LogP contribution in [0.3, 0.4) is 0 Å². The van der Waals surface area contributed by atoms with E-state index in [1.165, 1.54) is 4.90 Å². The zero-order valence-corrected chi connectivity index (χ0v) is 23.3. The second kappa shape index (κ2) is 9.88. The Bertz CT molecular complexity index is 1410. The predicted octanol–water partition coefficient (Wildman–Crippen LogP) is 0.823. The van der Waals surface area contributed by atoms with Crippen molar-refractivity contribution in [3.8, 4) is 0 Å². The van der Waals surface area contributed by atoms with Gasteiger partial charge in [-0.15, -0.1) is 0 Å². The molecule has 39 heavy (non-hydrogen) atoms. The number of aromatic amines is 1. The van der Waals surface area contributed by atoms with Crippen LogP contribution in [0.1, 0.15) is 31.7 Å². The quantitative estimate of drug-likeness (QED) is 0.506. The molecule has 0 bridgehead atoms. The third-order valence-corrected chi connectivity index (χ3v) is 9.72. The van der Waals surface area contributed by atoms with E-state index in [1.54, 1.807) is 22.9 Å². The molecule has 1 unspecified atom stereocenters. The summed E-state index contributed by atoms with van der Waals surface area (Å²) in [5, 5.41) is 10.1. The van der Waals surface area contributed by atoms with E-state index >= 15 is 0 Å². The van der Waals surface area contributed by atoms with Crippen molar-refractivity contribution in [3.63, 3.8) is 0 Å². The number of nitrogens with zero attached hydrogens (tertiary/aromatic N) is 4. The fourth-order valence-electron chi connectivity index (χ4n) is 6.12. The van der Waals surface area contributed by atoms with Gasteiger partial charge >= 0.3 is 5.97 Å². The van der Waals surface area contributed by atoms with Gasteiger partial charge in [0.05, 0.1) is 31.8 Å². The molecule has 1 spiro atoms. The second-order valence-corrected chi connectivity index (χ2v) is 12.9. The number of hydrogen-bond acceptors (Lipinski definition) is 7. The van der Waals surface area contributed by atoms with Crippen LogP contribution in [0.15, 0.2) is 29.3 Å². The number of piperazine rings is 1. The molecule has 1 aromatic heterocycles. The van der Waals surface area contributed by atoms with E-state index < -0.39 is 33.2 Å². The molecule has 212 valence electrons. The lowest BCUT2D eigenvalue weighted by Gasteiger charge is -2.46. The van der Waals surface area contributed by atoms with Crippen LogP contribution in [0.4, 0.5) is 0 Å². The molecule has 0 saturated carbocycles. The van der Waals surface area contributed by atoms with Gasteiger partial charge in [-0.2, -0.15) is 4.31 Å². The number of likely N-dealkylation sites (tertiary alicyclic amines) is 1. The van der Waals surface area contributed by atoms with Gasteiger partial charge in [-0.3, -0.25) is 19.3 Å². The Balaban J connectivity index is 1.47. The van der Waals surface area contributed by atoms with E-state index in [9.17, 15) is 27.9 Å². The van der Waals surface area contributed by atoms with Crippen LogP contribution in [-0.2, 0) is 29.1 Å². The first-order valence-corrected chi connectivity index (χ1v) is 14.6. The lowest BCUT2D eigenvalue weighted by Crippen LogP contribution is -2.67. The summed E-state index contributed by atoms with van der Waals surface area (Å²) < 4.78 is 35.5. The van der Waals surface area contributed by atoms with Crippen LogP contribution in [0.5, 0.6) is 0 Å². The van der Waals surface area contributed by atoms with Crippen LogP contribution in [0.2, 0.25) is 0 Å². The van der Waals surface area contributed by atoms with Gasteiger partial charge in [0, 0.05) is 37.0 Å². The maximum absolute atomic E-state index is 13.8. The number of amides is 2. The molecule has 2 N–H and O–H groups in total. The summed E-state index contributed by atoms with van der Waals surface area (Å²) >= 11 is 0. The van der Waals surface area contributed by atoms with Gasteiger partial charge < -0.3 is 24.6 Å². The number of aromatic nitrogens is 1. The van der Waals surface area contributed by atoms with Gasteiger partial charge in [0.1, 0.15) is 5.03 Å². The highest BCUT2D eigenvalue weighted by atomic mass is 32.2. The van der Waals surface area contributed by atoms with E-state index in [-0.39, 0.29) is 43.7 Å². The minimum absolute atomic E-state index is 0.0162. The Labute approximate surface area is 227 Å². The molecule has 0 radical (unpaired) electrons. The van der Waals surface area contributed by atoms with Gasteiger partial charge in [0.25, 0.3) is 10.0 Å². The highest BCUT2D eigenvalue weighted by molar-refractivity contribution is 7.89. The Kier molecular flexibility index (Phi) is 6.98. The van der Waals surface area contributed by atoms with Crippen molar-refractivity contribution >= 4 is 38.7 Å². The van der Waals surface area contributed by atoms with E-state index in [2.05, 4.69) is 4.98 Å². The molecular formula is C26H35N5O7S. The van der Waals surface area contributed by atoms with Gasteiger partial charge in [-0.1, -0.05) is 18.6 Å². The van der Waals surface area contributed by atoms with Crippen molar-refractivity contribution < 1.29 is 32.6 Å². The van der Waals surface area contributed by atoms with E-state index in [4.69, 9.17) is 4.74 Å². The maximum atomic E-state index is 13.8. The van der Waals surface area contributed by atoms with Gasteiger partial charge in [0.2, 0.25) is 11.8 Å². The van der Waals surface area contributed by atoms with Crippen molar-refractivity contribution in [2.45, 2.75) is 49.5 Å². The summed E-state index contributed by atoms with van der Waals surface area (Å²) in [5.74, 6) is -1.39. The van der Waals surface area contributed by atoms with Gasteiger partial charge in [-0.25, -0.2) is 8.42 Å². The fourth-order valence-corrected chi connectivity index (χ4v) is 7.57. The van der Waals surface area contributed by atoms with Crippen LogP contribution < -0.4 is 0 Å². The van der Waals surface area contributed by atoms with Gasteiger partial charge in [-0.05, 0) is 45.0 Å². The number of sulfonamides is 1. The van der Waals surface area contributed by atoms with E-state index in [0.717, 1.165) is 15.3 Å². The summed E-state index contributed by atoms with van der Waals surface area (Å²) in [6.07, 6.45) is 1.41. The number of piperidine rings is 1. The topological polar surface area (TPSA) is 144 Å². The van der Waals surface area contributed by atoms with Crippen LogP contribution in [0.25, 0.3) is 10.9 Å². The Morgan fingerprint density at radius 1 is 1.18 bits per heavy atom. The summed E-state index contributed by atoms with van der Waals surface area (Å²) in [6.45, 7) is 4.19. The SMILES string of the molecule is CCC(=O)N1CCC2(CC1)CN1C(=O)CN(S(=O)(=O)c3cc4cc(C)ccc4[nH]3)CC1(CN(C)CC(=O)O)O2. The lowest BCUT2D eigenvalue weighted by molar-refractivity contribution is -0.187. The molecule has 0 aliphatic carbocycles. The fraction of sp³-hybridized carbons (Fsp3) is 0.577. The number of carboxylic acids is 1. The summed E-state index contributed by atoms with van der Waals surface area (Å²) in [4.78, 5) is 45.1. The number of carboxylic acid groups (broad SMARTS) is 1. The first-order valence-electron chi connectivity index (χ1n) is 13.1. The number of nitrogens with one attached hydrogen (secondary N) is 1. The summed E-state index contributed by atoms with van der Waals surface area (Å²) in [7, 11) is -2.50. The van der Waals surface area contributed by atoms with E-state index in [1.807, 2.05) is 32.0 Å². The molecule has 3 fully saturated rings. The molecule has 13 heteroatoms. The maximum Gasteiger partial charge on any atom is 0.317 e. The Hall–Kier alpha value is -3.00. The van der Waals surface area contributed by atoms with Crippen molar-refractivity contribution in [1.82, 2.24) is 24.0 Å². The number of aliphatic carboxylic acids is 1. The van der Waals surface area contributed by atoms with Gasteiger partial charge in [0.15, 0.2) is 5.72 Å². The number of ether oxygens (including phenoxy) is 1. The lowest BCUT2D eigenvalue weighted by atomic mass is 9.91. The highest BCUT2D eigenvalue weighted by Crippen LogP contribution is 2.44. The monoisotopic (exact) mass is 561 g/mol. The van der Waals surface area contributed by atoms with Crippen LogP contribution >= 0.6 is 0 Å².